The number of sulfone groups is 1. The van der Waals surface area contributed by atoms with Gasteiger partial charge in [0.25, 0.3) is 5.91 Å². The summed E-state index contributed by atoms with van der Waals surface area (Å²) < 4.78 is 28.9. The summed E-state index contributed by atoms with van der Waals surface area (Å²) in [5.41, 5.74) is 0. The van der Waals surface area contributed by atoms with E-state index in [0.717, 1.165) is 17.5 Å². The molecule has 2 heterocycles. The molecule has 8 heteroatoms. The fourth-order valence-corrected chi connectivity index (χ4v) is 8.78. The van der Waals surface area contributed by atoms with Crippen LogP contribution in [0.25, 0.3) is 0 Å². The van der Waals surface area contributed by atoms with Crippen LogP contribution >= 0.6 is 11.8 Å². The Hall–Kier alpha value is -0.600. The number of amides is 1. The molecule has 1 amide bonds. The van der Waals surface area contributed by atoms with Gasteiger partial charge < -0.3 is 9.64 Å². The van der Waals surface area contributed by atoms with E-state index in [4.69, 9.17) is 4.74 Å². The minimum Gasteiger partial charge on any atom is -0.375 e. The summed E-state index contributed by atoms with van der Waals surface area (Å²) in [5.74, 6) is 1.52. The number of methoxy groups -OCH3 is 1. The summed E-state index contributed by atoms with van der Waals surface area (Å²) in [6, 6.07) is 0.349. The number of amidine groups is 1. The highest BCUT2D eigenvalue weighted by molar-refractivity contribution is 8.15. The second kappa shape index (κ2) is 5.74. The van der Waals surface area contributed by atoms with Crippen LogP contribution in [0.2, 0.25) is 0 Å². The molecule has 0 N–H and O–H groups in total. The normalized spacial score (nSPS) is 42.6. The molecule has 0 aromatic carbocycles. The number of rotatable bonds is 3. The summed E-state index contributed by atoms with van der Waals surface area (Å²) in [4.78, 5) is 18.4. The predicted octanol–water partition coefficient (Wildman–Crippen LogP) is 0.918. The fraction of sp³-hybridized carbons (Fsp3) is 0.867. The average molecular weight is 358 g/mol. The third-order valence-corrected chi connectivity index (χ3v) is 8.88. The summed E-state index contributed by atoms with van der Waals surface area (Å²) in [5, 5.41) is 0.753. The summed E-state index contributed by atoms with van der Waals surface area (Å²) in [6.07, 6.45) is 4.88. The largest absolute Gasteiger partial charge is 0.375 e. The van der Waals surface area contributed by atoms with Gasteiger partial charge in [-0.15, -0.1) is 0 Å². The molecule has 0 radical (unpaired) electrons. The lowest BCUT2D eigenvalue weighted by Crippen LogP contribution is -2.47. The summed E-state index contributed by atoms with van der Waals surface area (Å²) >= 11 is 1.48. The van der Waals surface area contributed by atoms with Crippen molar-refractivity contribution in [3.63, 3.8) is 0 Å². The maximum Gasteiger partial charge on any atom is 0.274 e. The number of hydrogen-bond acceptors (Lipinski definition) is 5. The first kappa shape index (κ1) is 15.9. The van der Waals surface area contributed by atoms with Crippen LogP contribution in [0.5, 0.6) is 0 Å². The molecule has 0 aromatic rings. The monoisotopic (exact) mass is 358 g/mol. The lowest BCUT2D eigenvalue weighted by Gasteiger charge is -2.36. The minimum absolute atomic E-state index is 0.0107. The lowest BCUT2D eigenvalue weighted by molar-refractivity contribution is -0.121. The quantitative estimate of drug-likeness (QED) is 0.747. The fourth-order valence-electron chi connectivity index (χ4n) is 4.79. The van der Waals surface area contributed by atoms with Gasteiger partial charge in [0.1, 0.15) is 6.61 Å². The Bertz CT molecular complexity index is 648. The first-order valence-electron chi connectivity index (χ1n) is 8.22. The minimum atomic E-state index is -2.97. The van der Waals surface area contributed by atoms with E-state index < -0.39 is 9.84 Å². The number of carbonyl (C=O) groups excluding carboxylic acids is 1. The zero-order chi connectivity index (χ0) is 16.2. The van der Waals surface area contributed by atoms with Gasteiger partial charge in [-0.05, 0) is 31.1 Å². The van der Waals surface area contributed by atoms with Crippen molar-refractivity contribution in [3.05, 3.63) is 0 Å². The highest BCUT2D eigenvalue weighted by atomic mass is 32.2. The van der Waals surface area contributed by atoms with Gasteiger partial charge >= 0.3 is 0 Å². The lowest BCUT2D eigenvalue weighted by atomic mass is 9.93. The first-order chi connectivity index (χ1) is 11.0. The number of fused-ring (bicyclic) bond motifs is 3. The van der Waals surface area contributed by atoms with Crippen LogP contribution in [0, 0.1) is 11.8 Å². The molecule has 2 bridgehead atoms. The van der Waals surface area contributed by atoms with Gasteiger partial charge in [-0.2, -0.15) is 4.99 Å². The number of hydrogen-bond donors (Lipinski definition) is 0. The zero-order valence-corrected chi connectivity index (χ0v) is 14.8. The Morgan fingerprint density at radius 1 is 1.30 bits per heavy atom. The van der Waals surface area contributed by atoms with Gasteiger partial charge in [-0.1, -0.05) is 18.2 Å². The van der Waals surface area contributed by atoms with Crippen molar-refractivity contribution in [2.75, 3.05) is 25.2 Å². The van der Waals surface area contributed by atoms with Crippen molar-refractivity contribution in [2.24, 2.45) is 16.8 Å². The molecule has 2 aliphatic carbocycles. The second-order valence-corrected chi connectivity index (χ2v) is 10.5. The Morgan fingerprint density at radius 2 is 2.13 bits per heavy atom. The molecule has 0 unspecified atom stereocenters. The van der Waals surface area contributed by atoms with Crippen LogP contribution in [0.4, 0.5) is 0 Å². The number of aliphatic imine (C=N–C) groups is 1. The molecular formula is C15H22N2O4S2. The van der Waals surface area contributed by atoms with Crippen molar-refractivity contribution in [1.29, 1.82) is 0 Å². The van der Waals surface area contributed by atoms with Gasteiger partial charge in [-0.25, -0.2) is 8.42 Å². The molecule has 0 aromatic heterocycles. The van der Waals surface area contributed by atoms with E-state index in [1.807, 2.05) is 0 Å². The van der Waals surface area contributed by atoms with Crippen LogP contribution in [0.3, 0.4) is 0 Å². The maximum atomic E-state index is 12.0. The molecule has 2 saturated heterocycles. The predicted molar refractivity (Wildman–Crippen MR) is 89.2 cm³/mol. The Balaban J connectivity index is 1.63. The van der Waals surface area contributed by atoms with Crippen LogP contribution in [-0.2, 0) is 19.4 Å². The number of nitrogens with zero attached hydrogens (tertiary/aromatic N) is 2. The molecule has 0 spiro atoms. The molecule has 23 heavy (non-hydrogen) atoms. The zero-order valence-electron chi connectivity index (χ0n) is 13.2. The number of thioether (sulfide) groups is 1. The Kier molecular flexibility index (Phi) is 3.97. The van der Waals surface area contributed by atoms with Crippen LogP contribution in [0.1, 0.15) is 25.7 Å². The van der Waals surface area contributed by atoms with E-state index in [-0.39, 0.29) is 35.3 Å². The smallest absolute Gasteiger partial charge is 0.274 e. The van der Waals surface area contributed by atoms with E-state index in [1.54, 1.807) is 0 Å². The van der Waals surface area contributed by atoms with Crippen LogP contribution in [0.15, 0.2) is 4.99 Å². The van der Waals surface area contributed by atoms with Gasteiger partial charge in [0.15, 0.2) is 15.0 Å². The van der Waals surface area contributed by atoms with Crippen LogP contribution < -0.4 is 0 Å². The molecule has 5 atom stereocenters. The van der Waals surface area contributed by atoms with E-state index in [0.29, 0.717) is 12.0 Å². The van der Waals surface area contributed by atoms with Crippen molar-refractivity contribution in [1.82, 2.24) is 4.90 Å². The average Bonchev–Trinajstić information content (AvgIpc) is 3.18. The van der Waals surface area contributed by atoms with Crippen molar-refractivity contribution in [2.45, 2.75) is 43.0 Å². The molecule has 2 aliphatic heterocycles. The van der Waals surface area contributed by atoms with Gasteiger partial charge in [0.2, 0.25) is 0 Å². The number of carbonyl (C=O) groups is 1. The third-order valence-electron chi connectivity index (χ3n) is 5.65. The standard InChI is InChI=1S/C15H22N2O4S2/c1-21-6-14(18)16-15-17(11-5-9-2-3-10(11)4-9)12-7-23(19,20)8-13(12)22-15/h9-13H,2-8H2,1H3/t9-,10-,11-,12-,13+/m1/s1. The first-order valence-corrected chi connectivity index (χ1v) is 10.9. The second-order valence-electron chi connectivity index (χ2n) is 7.17. The third kappa shape index (κ3) is 2.82. The summed E-state index contributed by atoms with van der Waals surface area (Å²) in [6.45, 7) is -0.0255. The van der Waals surface area contributed by atoms with E-state index >= 15 is 0 Å². The highest BCUT2D eigenvalue weighted by Gasteiger charge is 2.54. The van der Waals surface area contributed by atoms with Gasteiger partial charge in [-0.3, -0.25) is 4.79 Å². The molecule has 2 saturated carbocycles. The topological polar surface area (TPSA) is 76.0 Å². The van der Waals surface area contributed by atoms with E-state index in [9.17, 15) is 13.2 Å². The van der Waals surface area contributed by atoms with Crippen LogP contribution in [-0.4, -0.2) is 66.9 Å². The van der Waals surface area contributed by atoms with Gasteiger partial charge in [0, 0.05) is 18.4 Å². The molecule has 4 aliphatic rings. The molecular weight excluding hydrogens is 336 g/mol. The molecule has 6 nitrogen and oxygen atoms in total. The Morgan fingerprint density at radius 3 is 2.78 bits per heavy atom. The maximum absolute atomic E-state index is 12.0. The molecule has 128 valence electrons. The van der Waals surface area contributed by atoms with E-state index in [1.165, 1.54) is 38.1 Å². The molecule has 4 rings (SSSR count). The van der Waals surface area contributed by atoms with Crippen molar-refractivity contribution in [3.8, 4) is 0 Å². The Labute approximate surface area is 141 Å². The van der Waals surface area contributed by atoms with Gasteiger partial charge in [0.05, 0.1) is 17.5 Å². The van der Waals surface area contributed by atoms with Crippen molar-refractivity contribution < 1.29 is 17.9 Å². The highest BCUT2D eigenvalue weighted by Crippen LogP contribution is 2.51. The van der Waals surface area contributed by atoms with E-state index in [2.05, 4.69) is 9.89 Å². The SMILES string of the molecule is COCC(=O)N=C1S[C@H]2CS(=O)(=O)C[C@H]2N1[C@@H]1C[C@@H]2CC[C@@H]1C2. The number of ether oxygens (including phenoxy) is 1. The van der Waals surface area contributed by atoms with Crippen molar-refractivity contribution >= 4 is 32.7 Å². The molecule has 4 fully saturated rings. The summed E-state index contributed by atoms with van der Waals surface area (Å²) in [7, 11) is -1.49.